The third-order valence-corrected chi connectivity index (χ3v) is 7.79. The number of benzene rings is 2. The second-order valence-corrected chi connectivity index (χ2v) is 9.97. The van der Waals surface area contributed by atoms with Crippen LogP contribution in [-0.4, -0.2) is 52.2 Å². The van der Waals surface area contributed by atoms with Crippen molar-refractivity contribution < 1.29 is 24.2 Å². The molecule has 34 heavy (non-hydrogen) atoms. The number of nitrogens with one attached hydrogen (secondary N) is 1. The van der Waals surface area contributed by atoms with Crippen LogP contribution in [0.3, 0.4) is 0 Å². The fourth-order valence-electron chi connectivity index (χ4n) is 6.07. The fraction of sp³-hybridized carbons (Fsp3) is 0.444. The highest BCUT2D eigenvalue weighted by Gasteiger charge is 2.59. The molecule has 2 aromatic rings. The summed E-state index contributed by atoms with van der Waals surface area (Å²) in [5.74, 6) is -1.56. The molecule has 0 spiro atoms. The van der Waals surface area contributed by atoms with E-state index in [9.17, 15) is 19.5 Å². The van der Waals surface area contributed by atoms with Crippen molar-refractivity contribution in [3.8, 4) is 11.1 Å². The Morgan fingerprint density at radius 1 is 1.03 bits per heavy atom. The maximum atomic E-state index is 13.5. The maximum Gasteiger partial charge on any atom is 0.407 e. The van der Waals surface area contributed by atoms with E-state index in [1.807, 2.05) is 38.1 Å². The predicted molar refractivity (Wildman–Crippen MR) is 126 cm³/mol. The van der Waals surface area contributed by atoms with Gasteiger partial charge in [0.05, 0.1) is 0 Å². The Hall–Kier alpha value is -3.35. The fourth-order valence-corrected chi connectivity index (χ4v) is 6.07. The molecule has 5 rings (SSSR count). The van der Waals surface area contributed by atoms with Gasteiger partial charge in [-0.3, -0.25) is 4.79 Å². The molecule has 2 N–H and O–H groups in total. The Labute approximate surface area is 199 Å². The average molecular weight is 463 g/mol. The van der Waals surface area contributed by atoms with E-state index < -0.39 is 23.6 Å². The van der Waals surface area contributed by atoms with Crippen molar-refractivity contribution in [1.82, 2.24) is 10.2 Å². The minimum absolute atomic E-state index is 0.0731. The third kappa shape index (κ3) is 3.45. The molecule has 2 heterocycles. The van der Waals surface area contributed by atoms with Gasteiger partial charge in [0, 0.05) is 12.0 Å². The average Bonchev–Trinajstić information content (AvgIpc) is 3.49. The number of hydrogen-bond donors (Lipinski definition) is 2. The second-order valence-electron chi connectivity index (χ2n) is 9.97. The summed E-state index contributed by atoms with van der Waals surface area (Å²) in [6.07, 6.45) is 1.65. The van der Waals surface area contributed by atoms with Crippen molar-refractivity contribution >= 4 is 18.0 Å². The van der Waals surface area contributed by atoms with Crippen LogP contribution < -0.4 is 5.32 Å². The molecule has 1 aliphatic carbocycles. The number of amides is 2. The molecule has 0 aromatic heterocycles. The van der Waals surface area contributed by atoms with E-state index in [0.717, 1.165) is 22.3 Å². The topological polar surface area (TPSA) is 95.9 Å². The lowest BCUT2D eigenvalue weighted by atomic mass is 9.88. The van der Waals surface area contributed by atoms with E-state index in [1.54, 1.807) is 0 Å². The quantitative estimate of drug-likeness (QED) is 0.672. The van der Waals surface area contributed by atoms with Gasteiger partial charge >= 0.3 is 12.1 Å². The summed E-state index contributed by atoms with van der Waals surface area (Å²) in [4.78, 5) is 39.9. The molecule has 7 nitrogen and oxygen atoms in total. The van der Waals surface area contributed by atoms with Crippen LogP contribution in [0.1, 0.15) is 56.6 Å². The number of carbonyl (C=O) groups is 3. The van der Waals surface area contributed by atoms with E-state index >= 15 is 0 Å². The van der Waals surface area contributed by atoms with Gasteiger partial charge in [0.1, 0.15) is 18.2 Å². The zero-order chi connectivity index (χ0) is 24.0. The summed E-state index contributed by atoms with van der Waals surface area (Å²) < 4.78 is 5.64. The summed E-state index contributed by atoms with van der Waals surface area (Å²) in [7, 11) is 0. The molecular formula is C27H30N2O5. The Morgan fingerprint density at radius 2 is 1.59 bits per heavy atom. The van der Waals surface area contributed by atoms with Gasteiger partial charge in [-0.2, -0.15) is 0 Å². The van der Waals surface area contributed by atoms with Crippen LogP contribution in [0.2, 0.25) is 0 Å². The molecular weight excluding hydrogens is 432 g/mol. The van der Waals surface area contributed by atoms with Gasteiger partial charge in [-0.15, -0.1) is 0 Å². The standard InChI is InChI=1S/C27H30N2O5/c1-16(2)23(24(30)29-17-11-13-27(29,14-12-17)25(31)32)28-26(33)34-15-22-20-9-5-3-7-18(20)19-8-4-6-10-21(19)22/h3-10,16-17,22-23H,11-15H2,1-2H3,(H,28,33)(H,31,32). The van der Waals surface area contributed by atoms with Gasteiger partial charge in [-0.05, 0) is 53.9 Å². The van der Waals surface area contributed by atoms with Gasteiger partial charge in [-0.1, -0.05) is 62.4 Å². The van der Waals surface area contributed by atoms with Gasteiger partial charge in [0.15, 0.2) is 0 Å². The van der Waals surface area contributed by atoms with E-state index in [2.05, 4.69) is 29.6 Å². The highest BCUT2D eigenvalue weighted by molar-refractivity contribution is 5.93. The molecule has 2 fully saturated rings. The lowest BCUT2D eigenvalue weighted by Crippen LogP contribution is -2.58. The molecule has 178 valence electrons. The Balaban J connectivity index is 1.29. The number of nitrogens with zero attached hydrogens (tertiary/aromatic N) is 1. The monoisotopic (exact) mass is 462 g/mol. The molecule has 2 aliphatic heterocycles. The number of carboxylic acids is 1. The van der Waals surface area contributed by atoms with Crippen LogP contribution in [0.15, 0.2) is 48.5 Å². The van der Waals surface area contributed by atoms with Crippen LogP contribution in [0, 0.1) is 5.92 Å². The number of fused-ring (bicyclic) bond motifs is 5. The molecule has 3 aliphatic rings. The van der Waals surface area contributed by atoms with Gasteiger partial charge < -0.3 is 20.1 Å². The lowest BCUT2D eigenvalue weighted by Gasteiger charge is -2.35. The zero-order valence-electron chi connectivity index (χ0n) is 19.5. The van der Waals surface area contributed by atoms with E-state index in [-0.39, 0.29) is 30.4 Å². The van der Waals surface area contributed by atoms with Crippen molar-refractivity contribution in [2.75, 3.05) is 6.61 Å². The largest absolute Gasteiger partial charge is 0.479 e. The maximum absolute atomic E-state index is 13.5. The summed E-state index contributed by atoms with van der Waals surface area (Å²) in [5, 5.41) is 12.6. The highest BCUT2D eigenvalue weighted by atomic mass is 16.5. The summed E-state index contributed by atoms with van der Waals surface area (Å²) in [6, 6.07) is 15.3. The second kappa shape index (κ2) is 8.46. The number of rotatable bonds is 6. The molecule has 1 unspecified atom stereocenters. The normalized spacial score (nSPS) is 23.5. The van der Waals surface area contributed by atoms with Gasteiger partial charge in [-0.25, -0.2) is 9.59 Å². The Bertz CT molecular complexity index is 1090. The molecule has 0 radical (unpaired) electrons. The number of carboxylic acid groups (broad SMARTS) is 1. The third-order valence-electron chi connectivity index (χ3n) is 7.79. The SMILES string of the molecule is CC(C)C(NC(=O)OCC1c2ccccc2-c2ccccc21)C(=O)N1C2CCC1(C(=O)O)CC2. The first-order chi connectivity index (χ1) is 16.3. The van der Waals surface area contributed by atoms with Crippen molar-refractivity contribution in [1.29, 1.82) is 0 Å². The minimum atomic E-state index is -1.14. The van der Waals surface area contributed by atoms with Crippen LogP contribution in [0.5, 0.6) is 0 Å². The Morgan fingerprint density at radius 3 is 2.12 bits per heavy atom. The van der Waals surface area contributed by atoms with Crippen molar-refractivity contribution in [3.63, 3.8) is 0 Å². The molecule has 2 bridgehead atoms. The molecule has 2 saturated heterocycles. The smallest absolute Gasteiger partial charge is 0.407 e. The first-order valence-corrected chi connectivity index (χ1v) is 12.0. The van der Waals surface area contributed by atoms with E-state index in [4.69, 9.17) is 4.74 Å². The lowest BCUT2D eigenvalue weighted by molar-refractivity contribution is -0.156. The van der Waals surface area contributed by atoms with Crippen molar-refractivity contribution in [2.45, 2.75) is 63.1 Å². The van der Waals surface area contributed by atoms with Gasteiger partial charge in [0.25, 0.3) is 0 Å². The summed E-state index contributed by atoms with van der Waals surface area (Å²) >= 11 is 0. The minimum Gasteiger partial charge on any atom is -0.479 e. The summed E-state index contributed by atoms with van der Waals surface area (Å²) in [5.41, 5.74) is 3.38. The highest BCUT2D eigenvalue weighted by Crippen LogP contribution is 2.47. The van der Waals surface area contributed by atoms with Crippen LogP contribution in [-0.2, 0) is 14.3 Å². The number of hydrogen-bond acceptors (Lipinski definition) is 4. The summed E-state index contributed by atoms with van der Waals surface area (Å²) in [6.45, 7) is 3.85. The van der Waals surface area contributed by atoms with Crippen molar-refractivity contribution in [2.24, 2.45) is 5.92 Å². The van der Waals surface area contributed by atoms with Crippen LogP contribution in [0.4, 0.5) is 4.79 Å². The first kappa shape index (κ1) is 22.4. The molecule has 7 heteroatoms. The number of aliphatic carboxylic acids is 1. The molecule has 1 atom stereocenters. The van der Waals surface area contributed by atoms with Crippen LogP contribution in [0.25, 0.3) is 11.1 Å². The van der Waals surface area contributed by atoms with Gasteiger partial charge in [0.2, 0.25) is 5.91 Å². The zero-order valence-corrected chi connectivity index (χ0v) is 19.5. The number of alkyl carbamates (subject to hydrolysis) is 1. The number of carbonyl (C=O) groups excluding carboxylic acids is 2. The molecule has 0 saturated carbocycles. The van der Waals surface area contributed by atoms with Crippen LogP contribution >= 0.6 is 0 Å². The van der Waals surface area contributed by atoms with E-state index in [1.165, 1.54) is 4.90 Å². The van der Waals surface area contributed by atoms with Crippen molar-refractivity contribution in [3.05, 3.63) is 59.7 Å². The predicted octanol–water partition coefficient (Wildman–Crippen LogP) is 4.16. The first-order valence-electron chi connectivity index (χ1n) is 12.0. The molecule has 2 aromatic carbocycles. The van der Waals surface area contributed by atoms with E-state index in [0.29, 0.717) is 25.7 Å². The number of ether oxygens (including phenoxy) is 1. The Kier molecular flexibility index (Phi) is 5.58. The molecule has 2 amide bonds.